The highest BCUT2D eigenvalue weighted by molar-refractivity contribution is 5.88. The highest BCUT2D eigenvalue weighted by Crippen LogP contribution is 2.44. The summed E-state index contributed by atoms with van der Waals surface area (Å²) in [4.78, 5) is 24.9. The summed E-state index contributed by atoms with van der Waals surface area (Å²) in [5, 5.41) is 2.42. The Kier molecular flexibility index (Phi) is 3.78. The third kappa shape index (κ3) is 2.74. The highest BCUT2D eigenvalue weighted by Gasteiger charge is 2.44. The topological polar surface area (TPSA) is 71.0 Å². The zero-order chi connectivity index (χ0) is 18.5. The molecule has 2 aliphatic heterocycles. The van der Waals surface area contributed by atoms with Gasteiger partial charge in [-0.05, 0) is 30.9 Å². The van der Waals surface area contributed by atoms with Crippen LogP contribution in [0, 0.1) is 5.95 Å². The van der Waals surface area contributed by atoms with Crippen LogP contribution in [0.4, 0.5) is 28.3 Å². The number of nitrogens with one attached hydrogen (secondary N) is 1. The standard InChI is InChI=1S/C16H13F4N5O/c17-13-11-5-9-1-2-12(10(11)3-4-21-13)25(9)15(26)24-14-22-6-8(7-23-14)16(18,19)20/h3-4,6-7,9,12H,1-2,5H2,(H,22,23,24,26)/t9-,12+/m1/s1. The minimum Gasteiger partial charge on any atom is -0.314 e. The molecule has 1 N–H and O–H groups in total. The summed E-state index contributed by atoms with van der Waals surface area (Å²) in [6.07, 6.45) is -0.207. The Hall–Kier alpha value is -2.78. The average Bonchev–Trinajstić information content (AvgIpc) is 2.91. The largest absolute Gasteiger partial charge is 0.419 e. The molecule has 136 valence electrons. The third-order valence-electron chi connectivity index (χ3n) is 4.77. The van der Waals surface area contributed by atoms with E-state index in [1.54, 1.807) is 11.0 Å². The van der Waals surface area contributed by atoms with E-state index >= 15 is 0 Å². The number of carbonyl (C=O) groups excluding carboxylic acids is 1. The lowest BCUT2D eigenvalue weighted by Gasteiger charge is -2.35. The number of halogens is 4. The van der Waals surface area contributed by atoms with E-state index in [1.807, 2.05) is 0 Å². The number of fused-ring (bicyclic) bond motifs is 4. The van der Waals surface area contributed by atoms with Gasteiger partial charge in [-0.25, -0.2) is 19.7 Å². The first-order valence-electron chi connectivity index (χ1n) is 7.96. The fourth-order valence-corrected chi connectivity index (χ4v) is 3.63. The number of anilines is 1. The van der Waals surface area contributed by atoms with Crippen molar-refractivity contribution in [2.75, 3.05) is 5.32 Å². The molecule has 0 unspecified atom stereocenters. The van der Waals surface area contributed by atoms with E-state index < -0.39 is 23.7 Å². The number of rotatable bonds is 1. The van der Waals surface area contributed by atoms with Crippen molar-refractivity contribution in [1.82, 2.24) is 19.9 Å². The second-order valence-corrected chi connectivity index (χ2v) is 6.25. The van der Waals surface area contributed by atoms with Crippen LogP contribution in [0.1, 0.15) is 35.6 Å². The molecule has 26 heavy (non-hydrogen) atoms. The van der Waals surface area contributed by atoms with E-state index in [0.29, 0.717) is 37.2 Å². The van der Waals surface area contributed by atoms with Crippen LogP contribution in [-0.2, 0) is 12.6 Å². The van der Waals surface area contributed by atoms with E-state index in [1.165, 1.54) is 6.20 Å². The van der Waals surface area contributed by atoms with Gasteiger partial charge in [0.1, 0.15) is 0 Å². The maximum absolute atomic E-state index is 13.9. The van der Waals surface area contributed by atoms with Crippen LogP contribution in [-0.4, -0.2) is 31.9 Å². The van der Waals surface area contributed by atoms with Crippen LogP contribution in [0.25, 0.3) is 0 Å². The zero-order valence-corrected chi connectivity index (χ0v) is 13.3. The van der Waals surface area contributed by atoms with Gasteiger partial charge in [0.25, 0.3) is 0 Å². The molecule has 2 aromatic rings. The number of pyridine rings is 1. The van der Waals surface area contributed by atoms with Crippen molar-refractivity contribution >= 4 is 12.0 Å². The van der Waals surface area contributed by atoms with Gasteiger partial charge in [-0.2, -0.15) is 17.6 Å². The molecule has 1 fully saturated rings. The summed E-state index contributed by atoms with van der Waals surface area (Å²) >= 11 is 0. The summed E-state index contributed by atoms with van der Waals surface area (Å²) in [6.45, 7) is 0. The van der Waals surface area contributed by atoms with Crippen molar-refractivity contribution in [3.05, 3.63) is 47.3 Å². The second-order valence-electron chi connectivity index (χ2n) is 6.25. The van der Waals surface area contributed by atoms with Crippen molar-refractivity contribution < 1.29 is 22.4 Å². The van der Waals surface area contributed by atoms with Crippen molar-refractivity contribution in [1.29, 1.82) is 0 Å². The second kappa shape index (κ2) is 5.89. The fraction of sp³-hybridized carbons (Fsp3) is 0.375. The van der Waals surface area contributed by atoms with Gasteiger partial charge in [-0.15, -0.1) is 0 Å². The van der Waals surface area contributed by atoms with Gasteiger partial charge in [-0.1, -0.05) is 0 Å². The molecule has 2 amide bonds. The Morgan fingerprint density at radius 3 is 2.62 bits per heavy atom. The zero-order valence-electron chi connectivity index (χ0n) is 13.3. The molecule has 6 nitrogen and oxygen atoms in total. The maximum atomic E-state index is 13.9. The van der Waals surface area contributed by atoms with Crippen molar-refractivity contribution in [2.24, 2.45) is 0 Å². The number of nitrogens with zero attached hydrogens (tertiary/aromatic N) is 4. The quantitative estimate of drug-likeness (QED) is 0.620. The molecule has 4 heterocycles. The minimum absolute atomic E-state index is 0.194. The minimum atomic E-state index is -4.55. The predicted molar refractivity (Wildman–Crippen MR) is 81.6 cm³/mol. The summed E-state index contributed by atoms with van der Waals surface area (Å²) in [5.74, 6) is -0.736. The smallest absolute Gasteiger partial charge is 0.314 e. The number of urea groups is 1. The van der Waals surface area contributed by atoms with Crippen molar-refractivity contribution in [3.63, 3.8) is 0 Å². The van der Waals surface area contributed by atoms with E-state index in [4.69, 9.17) is 0 Å². The molecule has 0 saturated carbocycles. The van der Waals surface area contributed by atoms with Crippen LogP contribution >= 0.6 is 0 Å². The normalized spacial score (nSPS) is 21.5. The van der Waals surface area contributed by atoms with Crippen LogP contribution in [0.5, 0.6) is 0 Å². The Labute approximate surface area is 145 Å². The van der Waals surface area contributed by atoms with Gasteiger partial charge in [0.05, 0.1) is 11.6 Å². The van der Waals surface area contributed by atoms with E-state index in [-0.39, 0.29) is 18.0 Å². The molecule has 2 aliphatic rings. The summed E-state index contributed by atoms with van der Waals surface area (Å²) in [5.41, 5.74) is 0.245. The number of carbonyl (C=O) groups is 1. The predicted octanol–water partition coefficient (Wildman–Crippen LogP) is 3.32. The molecule has 0 aromatic carbocycles. The van der Waals surface area contributed by atoms with Crippen LogP contribution in [0.2, 0.25) is 0 Å². The Morgan fingerprint density at radius 1 is 1.19 bits per heavy atom. The first-order valence-corrected chi connectivity index (χ1v) is 7.96. The van der Waals surface area contributed by atoms with Gasteiger partial charge < -0.3 is 4.90 Å². The highest BCUT2D eigenvalue weighted by atomic mass is 19.4. The lowest BCUT2D eigenvalue weighted by Crippen LogP contribution is -2.44. The molecular formula is C16H13F4N5O. The SMILES string of the molecule is O=C(Nc1ncc(C(F)(F)F)cn1)N1[C@@H]2CC[C@H]1c1ccnc(F)c1C2. The van der Waals surface area contributed by atoms with Crippen molar-refractivity contribution in [2.45, 2.75) is 37.5 Å². The lowest BCUT2D eigenvalue weighted by atomic mass is 9.95. The first kappa shape index (κ1) is 16.7. The van der Waals surface area contributed by atoms with Gasteiger partial charge in [0, 0.05) is 30.2 Å². The lowest BCUT2D eigenvalue weighted by molar-refractivity contribution is -0.138. The van der Waals surface area contributed by atoms with Gasteiger partial charge in [0.15, 0.2) is 0 Å². The Bertz CT molecular complexity index is 855. The van der Waals surface area contributed by atoms with E-state index in [0.717, 1.165) is 5.56 Å². The van der Waals surface area contributed by atoms with Gasteiger partial charge in [-0.3, -0.25) is 5.32 Å². The molecule has 2 aromatic heterocycles. The summed E-state index contributed by atoms with van der Waals surface area (Å²) < 4.78 is 51.6. The molecule has 1 saturated heterocycles. The molecule has 2 atom stereocenters. The van der Waals surface area contributed by atoms with Crippen LogP contribution in [0.15, 0.2) is 24.7 Å². The van der Waals surface area contributed by atoms with Crippen LogP contribution in [0.3, 0.4) is 0 Å². The maximum Gasteiger partial charge on any atom is 0.419 e. The molecule has 4 rings (SSSR count). The van der Waals surface area contributed by atoms with E-state index in [9.17, 15) is 22.4 Å². The number of hydrogen-bond donors (Lipinski definition) is 1. The number of hydrogen-bond acceptors (Lipinski definition) is 4. The van der Waals surface area contributed by atoms with Gasteiger partial charge >= 0.3 is 12.2 Å². The number of alkyl halides is 3. The Morgan fingerprint density at radius 2 is 1.92 bits per heavy atom. The number of amides is 2. The van der Waals surface area contributed by atoms with Gasteiger partial charge in [0.2, 0.25) is 11.9 Å². The van der Waals surface area contributed by atoms with E-state index in [2.05, 4.69) is 20.3 Å². The molecule has 0 radical (unpaired) electrons. The summed E-state index contributed by atoms with van der Waals surface area (Å²) in [7, 11) is 0. The summed E-state index contributed by atoms with van der Waals surface area (Å²) in [6, 6.07) is 0.691. The van der Waals surface area contributed by atoms with Crippen molar-refractivity contribution in [3.8, 4) is 0 Å². The number of aromatic nitrogens is 3. The third-order valence-corrected chi connectivity index (χ3v) is 4.77. The molecular weight excluding hydrogens is 354 g/mol. The molecule has 0 spiro atoms. The molecule has 2 bridgehead atoms. The molecule has 0 aliphatic carbocycles. The molecule has 10 heteroatoms. The fourth-order valence-electron chi connectivity index (χ4n) is 3.63. The first-order chi connectivity index (χ1) is 12.3. The monoisotopic (exact) mass is 367 g/mol. The average molecular weight is 367 g/mol. The van der Waals surface area contributed by atoms with Crippen LogP contribution < -0.4 is 5.32 Å². The Balaban J connectivity index is 1.54.